The van der Waals surface area contributed by atoms with Crippen LogP contribution in [-0.4, -0.2) is 47.7 Å². The molecule has 1 heterocycles. The fourth-order valence-electron chi connectivity index (χ4n) is 2.94. The van der Waals surface area contributed by atoms with Crippen molar-refractivity contribution in [2.24, 2.45) is 0 Å². The number of rotatable bonds is 7. The zero-order valence-corrected chi connectivity index (χ0v) is 14.6. The van der Waals surface area contributed by atoms with Crippen LogP contribution in [0.3, 0.4) is 0 Å². The molecule has 1 unspecified atom stereocenters. The van der Waals surface area contributed by atoms with Crippen molar-refractivity contribution in [3.8, 4) is 0 Å². The van der Waals surface area contributed by atoms with Crippen molar-refractivity contribution in [3.05, 3.63) is 34.9 Å². The third-order valence-electron chi connectivity index (χ3n) is 4.44. The van der Waals surface area contributed by atoms with Gasteiger partial charge in [0.1, 0.15) is 6.10 Å². The number of aliphatic hydroxyl groups excluding tert-OH is 1. The molecule has 0 bridgehead atoms. The quantitative estimate of drug-likeness (QED) is 0.803. The van der Waals surface area contributed by atoms with E-state index in [0.717, 1.165) is 38.0 Å². The van der Waals surface area contributed by atoms with Crippen LogP contribution >= 0.6 is 11.6 Å². The van der Waals surface area contributed by atoms with Crippen molar-refractivity contribution in [3.63, 3.8) is 0 Å². The fraction of sp³-hybridized carbons (Fsp3) is 0.611. The topological polar surface area (TPSA) is 52.6 Å². The molecule has 0 aliphatic carbocycles. The van der Waals surface area contributed by atoms with E-state index >= 15 is 0 Å². The SMILES string of the molecule is CCCCN1CCC(NC(=O)C(O)Cc2ccccc2Cl)CC1. The van der Waals surface area contributed by atoms with Gasteiger partial charge in [-0.2, -0.15) is 0 Å². The van der Waals surface area contributed by atoms with Gasteiger partial charge < -0.3 is 15.3 Å². The zero-order chi connectivity index (χ0) is 16.7. The normalized spacial score (nSPS) is 17.9. The summed E-state index contributed by atoms with van der Waals surface area (Å²) in [4.78, 5) is 14.6. The lowest BCUT2D eigenvalue weighted by molar-refractivity contribution is -0.130. The van der Waals surface area contributed by atoms with Gasteiger partial charge in [-0.1, -0.05) is 43.1 Å². The molecule has 4 nitrogen and oxygen atoms in total. The van der Waals surface area contributed by atoms with Crippen LogP contribution in [0.25, 0.3) is 0 Å². The van der Waals surface area contributed by atoms with E-state index in [1.54, 1.807) is 6.07 Å². The van der Waals surface area contributed by atoms with Gasteiger partial charge in [0, 0.05) is 30.6 Å². The number of piperidine rings is 1. The van der Waals surface area contributed by atoms with Gasteiger partial charge in [-0.15, -0.1) is 0 Å². The van der Waals surface area contributed by atoms with Crippen molar-refractivity contribution < 1.29 is 9.90 Å². The highest BCUT2D eigenvalue weighted by atomic mass is 35.5. The summed E-state index contributed by atoms with van der Waals surface area (Å²) in [6.45, 7) is 5.39. The molecule has 128 valence electrons. The van der Waals surface area contributed by atoms with Crippen LogP contribution in [0, 0.1) is 0 Å². The third-order valence-corrected chi connectivity index (χ3v) is 4.80. The molecule has 2 rings (SSSR count). The molecule has 1 aromatic carbocycles. The van der Waals surface area contributed by atoms with E-state index < -0.39 is 6.10 Å². The lowest BCUT2D eigenvalue weighted by Crippen LogP contribution is -2.48. The van der Waals surface area contributed by atoms with E-state index in [2.05, 4.69) is 17.1 Å². The predicted octanol–water partition coefficient (Wildman–Crippen LogP) is 2.62. The molecular weight excluding hydrogens is 312 g/mol. The van der Waals surface area contributed by atoms with Gasteiger partial charge in [0.25, 0.3) is 0 Å². The van der Waals surface area contributed by atoms with Crippen molar-refractivity contribution in [2.45, 2.75) is 51.2 Å². The van der Waals surface area contributed by atoms with Crippen molar-refractivity contribution >= 4 is 17.5 Å². The Kier molecular flexibility index (Phi) is 7.34. The van der Waals surface area contributed by atoms with Gasteiger partial charge in [0.2, 0.25) is 5.91 Å². The summed E-state index contributed by atoms with van der Waals surface area (Å²) >= 11 is 6.07. The Morgan fingerprint density at radius 1 is 1.39 bits per heavy atom. The van der Waals surface area contributed by atoms with Gasteiger partial charge in [0.15, 0.2) is 0 Å². The second-order valence-electron chi connectivity index (χ2n) is 6.29. The van der Waals surface area contributed by atoms with Crippen molar-refractivity contribution in [1.29, 1.82) is 0 Å². The Morgan fingerprint density at radius 2 is 2.09 bits per heavy atom. The summed E-state index contributed by atoms with van der Waals surface area (Å²) in [7, 11) is 0. The molecule has 5 heteroatoms. The number of unbranched alkanes of at least 4 members (excludes halogenated alkanes) is 1. The first-order valence-electron chi connectivity index (χ1n) is 8.54. The Bertz CT molecular complexity index is 502. The Morgan fingerprint density at radius 3 is 2.74 bits per heavy atom. The largest absolute Gasteiger partial charge is 0.383 e. The van der Waals surface area contributed by atoms with Crippen LogP contribution < -0.4 is 5.32 Å². The maximum atomic E-state index is 12.2. The van der Waals surface area contributed by atoms with Gasteiger partial charge in [-0.05, 0) is 37.4 Å². The van der Waals surface area contributed by atoms with Gasteiger partial charge in [-0.25, -0.2) is 0 Å². The highest BCUT2D eigenvalue weighted by Crippen LogP contribution is 2.17. The van der Waals surface area contributed by atoms with Crippen LogP contribution in [0.5, 0.6) is 0 Å². The standard InChI is InChI=1S/C18H27ClN2O2/c1-2-3-10-21-11-8-15(9-12-21)20-18(23)17(22)13-14-6-4-5-7-16(14)19/h4-7,15,17,22H,2-3,8-13H2,1H3,(H,20,23). The molecule has 23 heavy (non-hydrogen) atoms. The number of benzene rings is 1. The molecule has 1 amide bonds. The average Bonchev–Trinajstić information content (AvgIpc) is 2.56. The molecule has 1 aliphatic heterocycles. The Balaban J connectivity index is 1.75. The summed E-state index contributed by atoms with van der Waals surface area (Å²) in [6, 6.07) is 7.47. The van der Waals surface area contributed by atoms with Crippen LogP contribution in [0.1, 0.15) is 38.2 Å². The minimum Gasteiger partial charge on any atom is -0.383 e. The number of hydrogen-bond donors (Lipinski definition) is 2. The molecule has 1 atom stereocenters. The van der Waals surface area contributed by atoms with Crippen LogP contribution in [-0.2, 0) is 11.2 Å². The second-order valence-corrected chi connectivity index (χ2v) is 6.70. The Labute approximate surface area is 143 Å². The summed E-state index contributed by atoms with van der Waals surface area (Å²) < 4.78 is 0. The third kappa shape index (κ3) is 5.79. The van der Waals surface area contributed by atoms with E-state index in [1.807, 2.05) is 18.2 Å². The number of aliphatic hydroxyl groups is 1. The number of nitrogens with zero attached hydrogens (tertiary/aromatic N) is 1. The van der Waals surface area contributed by atoms with Gasteiger partial charge in [-0.3, -0.25) is 4.79 Å². The molecule has 0 spiro atoms. The molecule has 1 saturated heterocycles. The van der Waals surface area contributed by atoms with E-state index in [9.17, 15) is 9.90 Å². The summed E-state index contributed by atoms with van der Waals surface area (Å²) in [5.74, 6) is -0.295. The number of carbonyl (C=O) groups is 1. The Hall–Kier alpha value is -1.10. The number of hydrogen-bond acceptors (Lipinski definition) is 3. The second kappa shape index (κ2) is 9.26. The number of carbonyl (C=O) groups excluding carboxylic acids is 1. The van der Waals surface area contributed by atoms with Gasteiger partial charge >= 0.3 is 0 Å². The first kappa shape index (κ1) is 18.2. The smallest absolute Gasteiger partial charge is 0.249 e. The number of halogens is 1. The van der Waals surface area contributed by atoms with Crippen LogP contribution in [0.15, 0.2) is 24.3 Å². The number of likely N-dealkylation sites (tertiary alicyclic amines) is 1. The first-order valence-corrected chi connectivity index (χ1v) is 8.92. The molecule has 2 N–H and O–H groups in total. The lowest BCUT2D eigenvalue weighted by Gasteiger charge is -2.32. The highest BCUT2D eigenvalue weighted by molar-refractivity contribution is 6.31. The number of nitrogens with one attached hydrogen (secondary N) is 1. The van der Waals surface area contributed by atoms with Crippen molar-refractivity contribution in [1.82, 2.24) is 10.2 Å². The van der Waals surface area contributed by atoms with E-state index in [4.69, 9.17) is 11.6 Å². The molecule has 1 fully saturated rings. The van der Waals surface area contributed by atoms with Crippen LogP contribution in [0.4, 0.5) is 0 Å². The fourth-order valence-corrected chi connectivity index (χ4v) is 3.16. The summed E-state index contributed by atoms with van der Waals surface area (Å²) in [6.07, 6.45) is 3.55. The minimum absolute atomic E-state index is 0.168. The molecule has 0 saturated carbocycles. The monoisotopic (exact) mass is 338 g/mol. The maximum absolute atomic E-state index is 12.2. The molecule has 1 aromatic rings. The molecule has 0 aromatic heterocycles. The van der Waals surface area contributed by atoms with E-state index in [0.29, 0.717) is 5.02 Å². The lowest BCUT2D eigenvalue weighted by atomic mass is 10.0. The average molecular weight is 339 g/mol. The molecule has 0 radical (unpaired) electrons. The zero-order valence-electron chi connectivity index (χ0n) is 13.8. The number of amides is 1. The molecular formula is C18H27ClN2O2. The van der Waals surface area contributed by atoms with Gasteiger partial charge in [0.05, 0.1) is 0 Å². The summed E-state index contributed by atoms with van der Waals surface area (Å²) in [5.41, 5.74) is 0.797. The van der Waals surface area contributed by atoms with Crippen LogP contribution in [0.2, 0.25) is 5.02 Å². The minimum atomic E-state index is -1.05. The van der Waals surface area contributed by atoms with E-state index in [-0.39, 0.29) is 18.4 Å². The van der Waals surface area contributed by atoms with E-state index in [1.165, 1.54) is 12.8 Å². The predicted molar refractivity (Wildman–Crippen MR) is 93.7 cm³/mol. The first-order chi connectivity index (χ1) is 11.1. The van der Waals surface area contributed by atoms with Crippen molar-refractivity contribution in [2.75, 3.05) is 19.6 Å². The summed E-state index contributed by atoms with van der Waals surface area (Å²) in [5, 5.41) is 13.7. The maximum Gasteiger partial charge on any atom is 0.249 e. The molecule has 1 aliphatic rings. The highest BCUT2D eigenvalue weighted by Gasteiger charge is 2.23.